The Morgan fingerprint density at radius 1 is 0.541 bits per heavy atom. The molecule has 0 atom stereocenters. The molecule has 6 heteroatoms. The second-order valence-corrected chi connectivity index (χ2v) is 18.5. The van der Waals surface area contributed by atoms with Gasteiger partial charge in [-0.25, -0.2) is 0 Å². The highest BCUT2D eigenvalue weighted by atomic mass is 32.1. The third-order valence-corrected chi connectivity index (χ3v) is 13.8. The first-order chi connectivity index (χ1) is 29.8. The fourth-order valence-electron chi connectivity index (χ4n) is 9.82. The molecule has 0 N–H and O–H groups in total. The molecule has 0 fully saturated rings. The van der Waals surface area contributed by atoms with Gasteiger partial charge in [0.05, 0.1) is 11.4 Å². The molecule has 8 aromatic carbocycles. The third kappa shape index (κ3) is 5.52. The minimum Gasteiger partial charge on any atom is -0.454 e. The van der Waals surface area contributed by atoms with Gasteiger partial charge < -0.3 is 19.1 Å². The lowest BCUT2D eigenvalue weighted by atomic mass is 9.36. The van der Waals surface area contributed by atoms with E-state index in [1.54, 1.807) is 0 Å². The smallest absolute Gasteiger partial charge is 0.264 e. The van der Waals surface area contributed by atoms with Gasteiger partial charge in [-0.2, -0.15) is 0 Å². The molecule has 10 aromatic rings. The van der Waals surface area contributed by atoms with Gasteiger partial charge in [0.15, 0.2) is 5.58 Å². The molecule has 0 saturated heterocycles. The first-order valence-electron chi connectivity index (χ1n) is 21.1. The highest BCUT2D eigenvalue weighted by molar-refractivity contribution is 7.33. The van der Waals surface area contributed by atoms with Gasteiger partial charge in [-0.05, 0) is 125 Å². The van der Waals surface area contributed by atoms with Gasteiger partial charge in [-0.15, -0.1) is 11.3 Å². The fourth-order valence-corrected chi connectivity index (χ4v) is 11.1. The van der Waals surface area contributed by atoms with Crippen molar-refractivity contribution in [3.05, 3.63) is 193 Å². The average Bonchev–Trinajstić information content (AvgIpc) is 3.86. The average molecular weight is 804 g/mol. The zero-order valence-electron chi connectivity index (χ0n) is 34.6. The number of para-hydroxylation sites is 5. The molecular formula is C55H42BN3OS. The molecule has 2 aliphatic heterocycles. The van der Waals surface area contributed by atoms with Crippen molar-refractivity contribution in [3.63, 3.8) is 0 Å². The molecule has 0 bridgehead atoms. The summed E-state index contributed by atoms with van der Waals surface area (Å²) in [7, 11) is 0. The molecule has 4 nitrogen and oxygen atoms in total. The second kappa shape index (κ2) is 13.5. The van der Waals surface area contributed by atoms with Crippen LogP contribution in [0.25, 0.3) is 32.0 Å². The number of hydrogen-bond donors (Lipinski definition) is 0. The molecule has 292 valence electrons. The number of aryl methyl sites for hydroxylation is 1. The molecule has 61 heavy (non-hydrogen) atoms. The van der Waals surface area contributed by atoms with E-state index in [1.165, 1.54) is 59.7 Å². The lowest BCUT2D eigenvalue weighted by Crippen LogP contribution is -2.60. The van der Waals surface area contributed by atoms with Crippen LogP contribution in [0.5, 0.6) is 0 Å². The number of benzene rings is 8. The molecule has 0 radical (unpaired) electrons. The Morgan fingerprint density at radius 2 is 1.16 bits per heavy atom. The monoisotopic (exact) mass is 803 g/mol. The van der Waals surface area contributed by atoms with Gasteiger partial charge in [-0.1, -0.05) is 112 Å². The summed E-state index contributed by atoms with van der Waals surface area (Å²) in [5.41, 5.74) is 17.3. The number of nitrogens with zero attached hydrogens (tertiary/aromatic N) is 3. The van der Waals surface area contributed by atoms with Crippen LogP contribution in [-0.4, -0.2) is 6.71 Å². The van der Waals surface area contributed by atoms with Crippen LogP contribution in [0.2, 0.25) is 0 Å². The number of hydrogen-bond acceptors (Lipinski definition) is 5. The number of furan rings is 1. The molecule has 4 heterocycles. The zero-order chi connectivity index (χ0) is 41.0. The van der Waals surface area contributed by atoms with Crippen LogP contribution in [0, 0.1) is 6.92 Å². The Kier molecular flexibility index (Phi) is 7.94. The van der Waals surface area contributed by atoms with Crippen LogP contribution in [0.15, 0.2) is 186 Å². The summed E-state index contributed by atoms with van der Waals surface area (Å²) in [5, 5.41) is 3.55. The first-order valence-corrected chi connectivity index (χ1v) is 21.9. The topological polar surface area (TPSA) is 22.9 Å². The van der Waals surface area contributed by atoms with Crippen molar-refractivity contribution in [1.82, 2.24) is 0 Å². The predicted molar refractivity (Wildman–Crippen MR) is 261 cm³/mol. The van der Waals surface area contributed by atoms with Crippen LogP contribution in [0.1, 0.15) is 31.9 Å². The fraction of sp³-hybridized carbons (Fsp3) is 0.0909. The number of thiophene rings is 1. The molecule has 0 aliphatic carbocycles. The van der Waals surface area contributed by atoms with Gasteiger partial charge in [-0.3, -0.25) is 0 Å². The summed E-state index contributed by atoms with van der Waals surface area (Å²) in [4.78, 5) is 7.37. The van der Waals surface area contributed by atoms with Crippen LogP contribution in [-0.2, 0) is 5.41 Å². The molecule has 2 aliphatic rings. The van der Waals surface area contributed by atoms with Crippen LogP contribution < -0.4 is 30.4 Å². The SMILES string of the molecule is Cc1cc2c3c(c1)N(c1cccc4c1oc1ccccc14)c1ccccc1B3c1sc3ccc(C(C)(C)C)cc3c1N2c1ccc(N(c2ccccc2)c2ccccc2)cc1. The van der Waals surface area contributed by atoms with Crippen molar-refractivity contribution in [2.75, 3.05) is 14.7 Å². The van der Waals surface area contributed by atoms with Crippen LogP contribution >= 0.6 is 11.3 Å². The molecule has 0 unspecified atom stereocenters. The predicted octanol–water partition coefficient (Wildman–Crippen LogP) is 14.0. The van der Waals surface area contributed by atoms with Gasteiger partial charge >= 0.3 is 0 Å². The van der Waals surface area contributed by atoms with Crippen molar-refractivity contribution in [1.29, 1.82) is 0 Å². The quantitative estimate of drug-likeness (QED) is 0.162. The minimum atomic E-state index is -0.000230. The molecule has 0 amide bonds. The summed E-state index contributed by atoms with van der Waals surface area (Å²) in [5.74, 6) is 0. The van der Waals surface area contributed by atoms with E-state index in [2.05, 4.69) is 224 Å². The van der Waals surface area contributed by atoms with Crippen molar-refractivity contribution < 1.29 is 4.42 Å². The molecule has 0 saturated carbocycles. The maximum atomic E-state index is 6.76. The van der Waals surface area contributed by atoms with E-state index in [9.17, 15) is 0 Å². The molecule has 0 spiro atoms. The number of anilines is 9. The molecule has 2 aromatic heterocycles. The second-order valence-electron chi connectivity index (χ2n) is 17.4. The Balaban J connectivity index is 1.12. The van der Waals surface area contributed by atoms with E-state index in [4.69, 9.17) is 4.42 Å². The number of rotatable bonds is 5. The normalized spacial score (nSPS) is 13.1. The first kappa shape index (κ1) is 35.9. The maximum Gasteiger partial charge on any atom is 0.264 e. The van der Waals surface area contributed by atoms with E-state index < -0.39 is 0 Å². The van der Waals surface area contributed by atoms with Crippen molar-refractivity contribution in [3.8, 4) is 0 Å². The van der Waals surface area contributed by atoms with Crippen molar-refractivity contribution >= 4 is 117 Å². The van der Waals surface area contributed by atoms with Gasteiger partial charge in [0, 0.05) is 65.4 Å². The van der Waals surface area contributed by atoms with E-state index in [0.717, 1.165) is 50.4 Å². The highest BCUT2D eigenvalue weighted by Crippen LogP contribution is 2.50. The summed E-state index contributed by atoms with van der Waals surface area (Å²) < 4.78 is 9.43. The van der Waals surface area contributed by atoms with Gasteiger partial charge in [0.1, 0.15) is 5.58 Å². The van der Waals surface area contributed by atoms with Crippen LogP contribution in [0.4, 0.5) is 51.2 Å². The van der Waals surface area contributed by atoms with E-state index in [1.807, 2.05) is 11.3 Å². The lowest BCUT2D eigenvalue weighted by molar-refractivity contribution is 0.591. The highest BCUT2D eigenvalue weighted by Gasteiger charge is 2.45. The largest absolute Gasteiger partial charge is 0.454 e. The van der Waals surface area contributed by atoms with E-state index >= 15 is 0 Å². The summed E-state index contributed by atoms with van der Waals surface area (Å²) in [6.45, 7) is 9.22. The summed E-state index contributed by atoms with van der Waals surface area (Å²) in [6.07, 6.45) is 0. The lowest BCUT2D eigenvalue weighted by Gasteiger charge is -2.43. The van der Waals surface area contributed by atoms with Gasteiger partial charge in [0.25, 0.3) is 6.71 Å². The summed E-state index contributed by atoms with van der Waals surface area (Å²) >= 11 is 1.94. The Labute approximate surface area is 360 Å². The zero-order valence-corrected chi connectivity index (χ0v) is 35.4. The Morgan fingerprint density at radius 3 is 1.90 bits per heavy atom. The Bertz CT molecular complexity index is 3290. The standard InChI is InChI=1S/C55H42BN3OS/c1-35-32-47-51-48(33-35)59(46-24-15-21-42-41-20-11-14-25-49(41)60-53(42)46)45-23-13-12-22-44(45)56(51)54-52(43-34-36(55(2,3)4)26-31-50(43)61-54)58(47)40-29-27-39(28-30-40)57(37-16-7-5-8-17-37)38-18-9-6-10-19-38/h5-34H,1-4H3. The van der Waals surface area contributed by atoms with E-state index in [-0.39, 0.29) is 12.1 Å². The Hall–Kier alpha value is -7.02. The minimum absolute atomic E-state index is 0.000230. The van der Waals surface area contributed by atoms with Gasteiger partial charge in [0.2, 0.25) is 0 Å². The number of fused-ring (bicyclic) bond motifs is 9. The summed E-state index contributed by atoms with van der Waals surface area (Å²) in [6, 6.07) is 66.4. The van der Waals surface area contributed by atoms with E-state index in [0.29, 0.717) is 0 Å². The maximum absolute atomic E-state index is 6.76. The third-order valence-electron chi connectivity index (χ3n) is 12.6. The van der Waals surface area contributed by atoms with Crippen molar-refractivity contribution in [2.24, 2.45) is 0 Å². The van der Waals surface area contributed by atoms with Crippen molar-refractivity contribution in [2.45, 2.75) is 33.1 Å². The molecular weight excluding hydrogens is 762 g/mol. The van der Waals surface area contributed by atoms with Crippen LogP contribution in [0.3, 0.4) is 0 Å². The molecule has 12 rings (SSSR count).